The molecule has 1 atom stereocenters. The highest BCUT2D eigenvalue weighted by molar-refractivity contribution is 5.96. The summed E-state index contributed by atoms with van der Waals surface area (Å²) in [6, 6.07) is 20.9. The molecule has 8 nitrogen and oxygen atoms in total. The summed E-state index contributed by atoms with van der Waals surface area (Å²) in [5.41, 5.74) is 0.351. The van der Waals surface area contributed by atoms with Gasteiger partial charge < -0.3 is 29.2 Å². The molecule has 1 heterocycles. The van der Waals surface area contributed by atoms with E-state index in [1.54, 1.807) is 43.5 Å². The molecule has 0 bridgehead atoms. The first-order valence-corrected chi connectivity index (χ1v) is 11.8. The van der Waals surface area contributed by atoms with Crippen molar-refractivity contribution in [1.29, 1.82) is 0 Å². The molecule has 8 heteroatoms. The smallest absolute Gasteiger partial charge is 0.306 e. The Bertz CT molecular complexity index is 1740. The maximum Gasteiger partial charge on any atom is 0.306 e. The number of carbonyl (C=O) groups excluding carboxylic acids is 1. The summed E-state index contributed by atoms with van der Waals surface area (Å²) in [4.78, 5) is 25.9. The van der Waals surface area contributed by atoms with Crippen molar-refractivity contribution in [1.82, 2.24) is 0 Å². The first-order chi connectivity index (χ1) is 18.3. The number of benzene rings is 4. The maximum absolute atomic E-state index is 13.2. The van der Waals surface area contributed by atoms with Crippen molar-refractivity contribution in [2.24, 2.45) is 0 Å². The lowest BCUT2D eigenvalue weighted by atomic mass is 9.83. The molecule has 192 valence electrons. The molecule has 5 rings (SSSR count). The topological polar surface area (TPSA) is 126 Å². The molecule has 5 aromatic rings. The number of phenolic OH excluding ortho intramolecular Hbond substituents is 3. The number of methoxy groups -OCH3 is 2. The van der Waals surface area contributed by atoms with Crippen molar-refractivity contribution in [2.45, 2.75) is 12.3 Å². The molecule has 0 amide bonds. The molecule has 0 aliphatic heterocycles. The van der Waals surface area contributed by atoms with Crippen LogP contribution in [0, 0.1) is 0 Å². The van der Waals surface area contributed by atoms with Gasteiger partial charge in [-0.3, -0.25) is 9.59 Å². The Morgan fingerprint density at radius 1 is 0.868 bits per heavy atom. The molecule has 4 aromatic carbocycles. The Morgan fingerprint density at radius 3 is 2.24 bits per heavy atom. The Balaban J connectivity index is 1.90. The van der Waals surface area contributed by atoms with Gasteiger partial charge in [0.05, 0.1) is 20.6 Å². The SMILES string of the molecule is COC(=O)C[C@H](c1ccc(OC)c2ccccc12)c1c(O)c(O)c(O)c2c(=O)cc(-c3ccccc3)oc12. The number of rotatable bonds is 6. The zero-order chi connectivity index (χ0) is 27.0. The maximum atomic E-state index is 13.2. The third kappa shape index (κ3) is 4.06. The van der Waals surface area contributed by atoms with Crippen molar-refractivity contribution >= 4 is 27.7 Å². The van der Waals surface area contributed by atoms with Crippen molar-refractivity contribution in [3.05, 3.63) is 94.1 Å². The number of esters is 1. The Labute approximate surface area is 216 Å². The van der Waals surface area contributed by atoms with Crippen LogP contribution >= 0.6 is 0 Å². The van der Waals surface area contributed by atoms with Crippen molar-refractivity contribution in [3.8, 4) is 34.3 Å². The summed E-state index contributed by atoms with van der Waals surface area (Å²) < 4.78 is 16.6. The van der Waals surface area contributed by atoms with E-state index < -0.39 is 34.6 Å². The van der Waals surface area contributed by atoms with Gasteiger partial charge in [0.1, 0.15) is 22.5 Å². The monoisotopic (exact) mass is 512 g/mol. The highest BCUT2D eigenvalue weighted by Crippen LogP contribution is 2.50. The lowest BCUT2D eigenvalue weighted by molar-refractivity contribution is -0.140. The highest BCUT2D eigenvalue weighted by Gasteiger charge is 2.32. The first-order valence-electron chi connectivity index (χ1n) is 11.8. The molecule has 0 saturated heterocycles. The molecule has 0 radical (unpaired) electrons. The standard InChI is InChI=1S/C30H24O8/c1-36-22-13-12-18(17-10-6-7-11-19(17)22)20(14-24(32)37-2)25-27(33)29(35)28(34)26-21(31)15-23(38-30(25)26)16-8-4-3-5-9-16/h3-13,15,20,33-35H,14H2,1-2H3/t20-/m1/s1. The van der Waals surface area contributed by atoms with Gasteiger partial charge >= 0.3 is 5.97 Å². The van der Waals surface area contributed by atoms with Crippen LogP contribution in [0.1, 0.15) is 23.5 Å². The van der Waals surface area contributed by atoms with E-state index >= 15 is 0 Å². The van der Waals surface area contributed by atoms with Gasteiger partial charge in [0, 0.05) is 28.5 Å². The minimum absolute atomic E-state index is 0.0362. The largest absolute Gasteiger partial charge is 0.504 e. The number of hydrogen-bond acceptors (Lipinski definition) is 8. The molecule has 0 fully saturated rings. The summed E-state index contributed by atoms with van der Waals surface area (Å²) in [7, 11) is 2.79. The van der Waals surface area contributed by atoms with Gasteiger partial charge in [-0.1, -0.05) is 60.7 Å². The van der Waals surface area contributed by atoms with Crippen molar-refractivity contribution < 1.29 is 34.0 Å². The van der Waals surface area contributed by atoms with Gasteiger partial charge in [0.2, 0.25) is 5.75 Å². The number of hydrogen-bond donors (Lipinski definition) is 3. The van der Waals surface area contributed by atoms with Crippen LogP contribution in [0.5, 0.6) is 23.0 Å². The van der Waals surface area contributed by atoms with E-state index in [9.17, 15) is 24.9 Å². The average molecular weight is 513 g/mol. The zero-order valence-electron chi connectivity index (χ0n) is 20.6. The number of carbonyl (C=O) groups is 1. The first kappa shape index (κ1) is 24.7. The normalized spacial score (nSPS) is 11.9. The fraction of sp³-hybridized carbons (Fsp3) is 0.133. The summed E-state index contributed by atoms with van der Waals surface area (Å²) in [5, 5.41) is 33.6. The van der Waals surface area contributed by atoms with Crippen LogP contribution in [-0.4, -0.2) is 35.5 Å². The molecular weight excluding hydrogens is 488 g/mol. The van der Waals surface area contributed by atoms with Crippen LogP contribution in [0.25, 0.3) is 33.1 Å². The van der Waals surface area contributed by atoms with Crippen LogP contribution in [-0.2, 0) is 9.53 Å². The van der Waals surface area contributed by atoms with E-state index in [0.717, 1.165) is 5.39 Å². The van der Waals surface area contributed by atoms with E-state index in [4.69, 9.17) is 13.9 Å². The van der Waals surface area contributed by atoms with E-state index in [1.165, 1.54) is 13.2 Å². The van der Waals surface area contributed by atoms with Crippen LogP contribution in [0.3, 0.4) is 0 Å². The molecule has 3 N–H and O–H groups in total. The predicted octanol–water partition coefficient (Wildman–Crippen LogP) is 5.43. The Morgan fingerprint density at radius 2 is 1.55 bits per heavy atom. The zero-order valence-corrected chi connectivity index (χ0v) is 20.6. The molecule has 0 saturated carbocycles. The lowest BCUT2D eigenvalue weighted by Crippen LogP contribution is -2.13. The van der Waals surface area contributed by atoms with E-state index in [0.29, 0.717) is 22.3 Å². The van der Waals surface area contributed by atoms with Gasteiger partial charge in [-0.25, -0.2) is 0 Å². The molecule has 0 aliphatic rings. The Kier molecular flexibility index (Phi) is 6.38. The third-order valence-corrected chi connectivity index (χ3v) is 6.65. The number of aromatic hydroxyl groups is 3. The lowest BCUT2D eigenvalue weighted by Gasteiger charge is -2.23. The van der Waals surface area contributed by atoms with E-state index in [-0.39, 0.29) is 28.7 Å². The van der Waals surface area contributed by atoms with Gasteiger partial charge in [-0.15, -0.1) is 0 Å². The minimum Gasteiger partial charge on any atom is -0.504 e. The molecule has 0 aliphatic carbocycles. The van der Waals surface area contributed by atoms with Crippen molar-refractivity contribution in [3.63, 3.8) is 0 Å². The van der Waals surface area contributed by atoms with E-state index in [1.807, 2.05) is 30.3 Å². The summed E-state index contributed by atoms with van der Waals surface area (Å²) in [6.07, 6.45) is -0.265. The summed E-state index contributed by atoms with van der Waals surface area (Å²) in [6.45, 7) is 0. The van der Waals surface area contributed by atoms with Crippen LogP contribution in [0.2, 0.25) is 0 Å². The summed E-state index contributed by atoms with van der Waals surface area (Å²) in [5.74, 6) is -3.17. The van der Waals surface area contributed by atoms with Crippen molar-refractivity contribution in [2.75, 3.05) is 14.2 Å². The Hall–Kier alpha value is -4.98. The number of ether oxygens (including phenoxy) is 2. The fourth-order valence-corrected chi connectivity index (χ4v) is 4.84. The summed E-state index contributed by atoms with van der Waals surface area (Å²) >= 11 is 0. The second-order valence-electron chi connectivity index (χ2n) is 8.74. The van der Waals surface area contributed by atoms with E-state index in [2.05, 4.69) is 0 Å². The highest BCUT2D eigenvalue weighted by atomic mass is 16.5. The molecule has 0 unspecified atom stereocenters. The second-order valence-corrected chi connectivity index (χ2v) is 8.74. The van der Waals surface area contributed by atoms with Gasteiger partial charge in [-0.2, -0.15) is 0 Å². The minimum atomic E-state index is -0.943. The quantitative estimate of drug-likeness (QED) is 0.203. The van der Waals surface area contributed by atoms with Gasteiger partial charge in [0.25, 0.3) is 0 Å². The molecule has 38 heavy (non-hydrogen) atoms. The van der Waals surface area contributed by atoms with Crippen LogP contribution in [0.4, 0.5) is 0 Å². The fourth-order valence-electron chi connectivity index (χ4n) is 4.84. The van der Waals surface area contributed by atoms with Gasteiger partial charge in [0.15, 0.2) is 16.9 Å². The molecular formula is C30H24O8. The van der Waals surface area contributed by atoms with Gasteiger partial charge in [-0.05, 0) is 17.0 Å². The number of fused-ring (bicyclic) bond motifs is 2. The molecule has 1 aromatic heterocycles. The van der Waals surface area contributed by atoms with Crippen LogP contribution in [0.15, 0.2) is 82.0 Å². The third-order valence-electron chi connectivity index (χ3n) is 6.65. The average Bonchev–Trinajstić information content (AvgIpc) is 2.95. The molecule has 0 spiro atoms. The number of phenols is 3. The predicted molar refractivity (Wildman–Crippen MR) is 142 cm³/mol. The second kappa shape index (κ2) is 9.82. The van der Waals surface area contributed by atoms with Crippen LogP contribution < -0.4 is 10.2 Å².